The zero-order valence-corrected chi connectivity index (χ0v) is 6.88. The van der Waals surface area contributed by atoms with Crippen LogP contribution >= 0.6 is 11.6 Å². The van der Waals surface area contributed by atoms with Crippen LogP contribution in [0.5, 0.6) is 0 Å². The average molecular weight is 172 g/mol. The van der Waals surface area contributed by atoms with Gasteiger partial charge in [-0.1, -0.05) is 11.6 Å². The van der Waals surface area contributed by atoms with Crippen molar-refractivity contribution in [3.05, 3.63) is 17.4 Å². The second-order valence-electron chi connectivity index (χ2n) is 2.90. The highest BCUT2D eigenvalue weighted by Gasteiger charge is 2.16. The molecule has 2 heterocycles. The Morgan fingerprint density at radius 2 is 2.55 bits per heavy atom. The van der Waals surface area contributed by atoms with Crippen LogP contribution in [0.25, 0.3) is 0 Å². The summed E-state index contributed by atoms with van der Waals surface area (Å²) in [5, 5.41) is 8.03. The highest BCUT2D eigenvalue weighted by molar-refractivity contribution is 6.30. The van der Waals surface area contributed by atoms with Gasteiger partial charge in [0.1, 0.15) is 0 Å². The first-order chi connectivity index (χ1) is 5.34. The van der Waals surface area contributed by atoms with Crippen molar-refractivity contribution in [3.63, 3.8) is 0 Å². The predicted octanol–water partition coefficient (Wildman–Crippen LogP) is 0.756. The quantitative estimate of drug-likeness (QED) is 0.712. The van der Waals surface area contributed by atoms with Gasteiger partial charge in [-0.05, 0) is 0 Å². The lowest BCUT2D eigenvalue weighted by Gasteiger charge is -2.26. The van der Waals surface area contributed by atoms with Crippen LogP contribution in [0.3, 0.4) is 0 Å². The van der Waals surface area contributed by atoms with Crippen LogP contribution < -0.4 is 5.32 Å². The molecule has 1 aliphatic rings. The summed E-state index contributed by atoms with van der Waals surface area (Å²) in [7, 11) is 0. The van der Waals surface area contributed by atoms with Gasteiger partial charge in [-0.25, -0.2) is 0 Å². The average Bonchev–Trinajstić information content (AvgIpc) is 2.27. The largest absolute Gasteiger partial charge is 0.316 e. The van der Waals surface area contributed by atoms with E-state index in [0.717, 1.165) is 30.6 Å². The molecule has 2 rings (SSSR count). The molecule has 1 saturated heterocycles. The Labute approximate surface area is 70.3 Å². The van der Waals surface area contributed by atoms with Crippen molar-refractivity contribution in [3.8, 4) is 0 Å². The summed E-state index contributed by atoms with van der Waals surface area (Å²) in [6, 6.07) is 0. The summed E-state index contributed by atoms with van der Waals surface area (Å²) >= 11 is 5.71. The Morgan fingerprint density at radius 1 is 1.73 bits per heavy atom. The number of aromatic nitrogens is 2. The van der Waals surface area contributed by atoms with E-state index in [1.807, 2.05) is 10.9 Å². The standard InChI is InChI=1S/C7H10ClN3/c8-7-3-10-11(5-7)4-6-1-9-2-6/h3,5-6,9H,1-2,4H2. The minimum atomic E-state index is 0.720. The second-order valence-corrected chi connectivity index (χ2v) is 3.34. The number of nitrogens with one attached hydrogen (secondary N) is 1. The second kappa shape index (κ2) is 2.83. The van der Waals surface area contributed by atoms with Gasteiger partial charge in [0.2, 0.25) is 0 Å². The minimum Gasteiger partial charge on any atom is -0.316 e. The molecule has 0 spiro atoms. The molecule has 1 fully saturated rings. The van der Waals surface area contributed by atoms with Crippen molar-refractivity contribution in [2.24, 2.45) is 5.92 Å². The molecule has 0 unspecified atom stereocenters. The van der Waals surface area contributed by atoms with Gasteiger partial charge in [0.05, 0.1) is 11.2 Å². The molecule has 0 radical (unpaired) electrons. The molecular weight excluding hydrogens is 162 g/mol. The molecule has 1 aromatic heterocycles. The summed E-state index contributed by atoms with van der Waals surface area (Å²) in [4.78, 5) is 0. The monoisotopic (exact) mass is 171 g/mol. The molecule has 1 N–H and O–H groups in total. The molecule has 0 atom stereocenters. The van der Waals surface area contributed by atoms with Gasteiger partial charge < -0.3 is 5.32 Å². The van der Waals surface area contributed by atoms with Crippen LogP contribution in [0, 0.1) is 5.92 Å². The third-order valence-electron chi connectivity index (χ3n) is 1.91. The number of nitrogens with zero attached hydrogens (tertiary/aromatic N) is 2. The van der Waals surface area contributed by atoms with Gasteiger partial charge in [-0.3, -0.25) is 4.68 Å². The SMILES string of the molecule is Clc1cnn(CC2CNC2)c1. The molecule has 1 aromatic rings. The van der Waals surface area contributed by atoms with E-state index in [1.54, 1.807) is 6.20 Å². The first-order valence-corrected chi connectivity index (χ1v) is 4.11. The van der Waals surface area contributed by atoms with E-state index >= 15 is 0 Å². The summed E-state index contributed by atoms with van der Waals surface area (Å²) < 4.78 is 1.90. The van der Waals surface area contributed by atoms with Crippen LogP contribution in [0.4, 0.5) is 0 Å². The topological polar surface area (TPSA) is 29.9 Å². The Bertz CT molecular complexity index is 242. The van der Waals surface area contributed by atoms with Crippen LogP contribution in [0.1, 0.15) is 0 Å². The van der Waals surface area contributed by atoms with Crippen molar-refractivity contribution in [2.75, 3.05) is 13.1 Å². The molecular formula is C7H10ClN3. The van der Waals surface area contributed by atoms with E-state index in [1.165, 1.54) is 0 Å². The Kier molecular flexibility index (Phi) is 1.84. The number of rotatable bonds is 2. The third-order valence-corrected chi connectivity index (χ3v) is 2.11. The van der Waals surface area contributed by atoms with E-state index in [0.29, 0.717) is 0 Å². The molecule has 0 bridgehead atoms. The molecule has 60 valence electrons. The molecule has 3 nitrogen and oxygen atoms in total. The fourth-order valence-electron chi connectivity index (χ4n) is 1.18. The van der Waals surface area contributed by atoms with Gasteiger partial charge in [-0.15, -0.1) is 0 Å². The summed E-state index contributed by atoms with van der Waals surface area (Å²) in [5.74, 6) is 0.742. The Hall–Kier alpha value is -0.540. The fourth-order valence-corrected chi connectivity index (χ4v) is 1.34. The Morgan fingerprint density at radius 3 is 3.00 bits per heavy atom. The molecule has 0 aliphatic carbocycles. The van der Waals surface area contributed by atoms with Crippen LogP contribution in [0.2, 0.25) is 5.02 Å². The van der Waals surface area contributed by atoms with Gasteiger partial charge in [0, 0.05) is 31.7 Å². The lowest BCUT2D eigenvalue weighted by molar-refractivity contribution is 0.295. The highest BCUT2D eigenvalue weighted by atomic mass is 35.5. The third kappa shape index (κ3) is 1.54. The normalized spacial score (nSPS) is 18.3. The predicted molar refractivity (Wildman–Crippen MR) is 43.6 cm³/mol. The lowest BCUT2D eigenvalue weighted by Crippen LogP contribution is -2.44. The maximum absolute atomic E-state index is 5.71. The van der Waals surface area contributed by atoms with Crippen molar-refractivity contribution in [1.82, 2.24) is 15.1 Å². The maximum Gasteiger partial charge on any atom is 0.0785 e. The minimum absolute atomic E-state index is 0.720. The van der Waals surface area contributed by atoms with Gasteiger partial charge in [0.15, 0.2) is 0 Å². The molecule has 11 heavy (non-hydrogen) atoms. The van der Waals surface area contributed by atoms with E-state index in [9.17, 15) is 0 Å². The van der Waals surface area contributed by atoms with Crippen molar-refractivity contribution >= 4 is 11.6 Å². The van der Waals surface area contributed by atoms with E-state index in [-0.39, 0.29) is 0 Å². The smallest absolute Gasteiger partial charge is 0.0785 e. The molecule has 4 heteroatoms. The zero-order valence-electron chi connectivity index (χ0n) is 6.13. The summed E-state index contributed by atoms with van der Waals surface area (Å²) in [6.45, 7) is 3.20. The Balaban J connectivity index is 1.95. The van der Waals surface area contributed by atoms with Gasteiger partial charge in [-0.2, -0.15) is 5.10 Å². The molecule has 0 aromatic carbocycles. The summed E-state index contributed by atoms with van der Waals surface area (Å²) in [6.07, 6.45) is 3.54. The lowest BCUT2D eigenvalue weighted by atomic mass is 10.0. The van der Waals surface area contributed by atoms with Crippen molar-refractivity contribution in [1.29, 1.82) is 0 Å². The number of hydrogen-bond acceptors (Lipinski definition) is 2. The molecule has 1 aliphatic heterocycles. The van der Waals surface area contributed by atoms with E-state index in [2.05, 4.69) is 10.4 Å². The van der Waals surface area contributed by atoms with Crippen LogP contribution in [-0.4, -0.2) is 22.9 Å². The summed E-state index contributed by atoms with van der Waals surface area (Å²) in [5.41, 5.74) is 0. The fraction of sp³-hybridized carbons (Fsp3) is 0.571. The maximum atomic E-state index is 5.71. The zero-order chi connectivity index (χ0) is 7.68. The number of halogens is 1. The van der Waals surface area contributed by atoms with Gasteiger partial charge >= 0.3 is 0 Å². The van der Waals surface area contributed by atoms with E-state index in [4.69, 9.17) is 11.6 Å². The first kappa shape index (κ1) is 7.13. The van der Waals surface area contributed by atoms with E-state index < -0.39 is 0 Å². The van der Waals surface area contributed by atoms with Gasteiger partial charge in [0.25, 0.3) is 0 Å². The van der Waals surface area contributed by atoms with Crippen molar-refractivity contribution in [2.45, 2.75) is 6.54 Å². The first-order valence-electron chi connectivity index (χ1n) is 3.73. The number of hydrogen-bond donors (Lipinski definition) is 1. The van der Waals surface area contributed by atoms with Crippen LogP contribution in [0.15, 0.2) is 12.4 Å². The van der Waals surface area contributed by atoms with Crippen molar-refractivity contribution < 1.29 is 0 Å². The molecule has 0 amide bonds. The molecule has 0 saturated carbocycles. The highest BCUT2D eigenvalue weighted by Crippen LogP contribution is 2.09. The van der Waals surface area contributed by atoms with Crippen LogP contribution in [-0.2, 0) is 6.54 Å².